The Morgan fingerprint density at radius 2 is 2.18 bits per heavy atom. The minimum atomic E-state index is -0.562. The van der Waals surface area contributed by atoms with Crippen molar-refractivity contribution < 1.29 is 14.7 Å². The van der Waals surface area contributed by atoms with E-state index in [1.165, 1.54) is 4.90 Å². The van der Waals surface area contributed by atoms with Gasteiger partial charge in [-0.3, -0.25) is 14.6 Å². The molecule has 2 N–H and O–H groups in total. The molecule has 3 rings (SSSR count). The van der Waals surface area contributed by atoms with Crippen LogP contribution in [0.5, 0.6) is 0 Å². The molecular weight excluding hydrogens is 222 g/mol. The highest BCUT2D eigenvalue weighted by Gasteiger charge is 2.52. The highest BCUT2D eigenvalue weighted by Crippen LogP contribution is 2.44. The number of carbonyl (C=O) groups is 2. The van der Waals surface area contributed by atoms with Gasteiger partial charge in [-0.2, -0.15) is 0 Å². The highest BCUT2D eigenvalue weighted by atomic mass is 16.3. The fraction of sp³-hybridized carbons (Fsp3) is 0.818. The van der Waals surface area contributed by atoms with Crippen LogP contribution in [0, 0.1) is 5.92 Å². The van der Waals surface area contributed by atoms with Gasteiger partial charge in [0.2, 0.25) is 5.91 Å². The highest BCUT2D eigenvalue weighted by molar-refractivity contribution is 5.96. The number of likely N-dealkylation sites (tertiary alicyclic amines) is 1. The predicted octanol–water partition coefficient (Wildman–Crippen LogP) is -1.01. The van der Waals surface area contributed by atoms with Crippen molar-refractivity contribution in [3.63, 3.8) is 0 Å². The number of urea groups is 1. The average Bonchev–Trinajstić information content (AvgIpc) is 2.99. The molecule has 3 fully saturated rings. The molecule has 0 atom stereocenters. The number of amides is 3. The quantitative estimate of drug-likeness (QED) is 0.662. The number of β-amino-alcohol motifs (C(OH)–C–C–N with tert-alkyl or cyclic N) is 1. The van der Waals surface area contributed by atoms with Crippen LogP contribution in [0.3, 0.4) is 0 Å². The third kappa shape index (κ3) is 1.91. The zero-order chi connectivity index (χ0) is 12.0. The van der Waals surface area contributed by atoms with Crippen LogP contribution in [0.1, 0.15) is 12.8 Å². The molecule has 94 valence electrons. The maximum atomic E-state index is 11.8. The summed E-state index contributed by atoms with van der Waals surface area (Å²) < 4.78 is 0. The lowest BCUT2D eigenvalue weighted by Crippen LogP contribution is -2.64. The van der Waals surface area contributed by atoms with E-state index in [-0.39, 0.29) is 18.5 Å². The van der Waals surface area contributed by atoms with Crippen LogP contribution in [0.4, 0.5) is 4.79 Å². The van der Waals surface area contributed by atoms with Gasteiger partial charge in [-0.05, 0) is 18.8 Å². The van der Waals surface area contributed by atoms with E-state index in [0.717, 1.165) is 12.8 Å². The molecule has 3 amide bonds. The largest absolute Gasteiger partial charge is 0.387 e. The van der Waals surface area contributed by atoms with Crippen molar-refractivity contribution in [2.45, 2.75) is 18.4 Å². The molecule has 0 spiro atoms. The second-order valence-corrected chi connectivity index (χ2v) is 5.30. The van der Waals surface area contributed by atoms with Crippen LogP contribution in [0.2, 0.25) is 0 Å². The molecule has 0 aromatic heterocycles. The number of nitrogens with one attached hydrogen (secondary N) is 1. The Morgan fingerprint density at radius 3 is 2.71 bits per heavy atom. The van der Waals surface area contributed by atoms with Crippen molar-refractivity contribution in [3.05, 3.63) is 0 Å². The van der Waals surface area contributed by atoms with Crippen LogP contribution in [-0.2, 0) is 4.79 Å². The molecule has 2 saturated heterocycles. The first-order valence-corrected chi connectivity index (χ1v) is 6.11. The van der Waals surface area contributed by atoms with Gasteiger partial charge in [-0.15, -0.1) is 0 Å². The Hall–Kier alpha value is -1.14. The SMILES string of the molecule is O=C(CN1CC(O)(C2CC2)C1)N1CCNC1=O. The molecule has 17 heavy (non-hydrogen) atoms. The summed E-state index contributed by atoms with van der Waals surface area (Å²) in [6.45, 7) is 2.37. The molecular formula is C11H17N3O3. The van der Waals surface area contributed by atoms with Crippen molar-refractivity contribution >= 4 is 11.9 Å². The van der Waals surface area contributed by atoms with E-state index in [0.29, 0.717) is 32.1 Å². The predicted molar refractivity (Wildman–Crippen MR) is 59.2 cm³/mol. The summed E-state index contributed by atoms with van der Waals surface area (Å²) >= 11 is 0. The van der Waals surface area contributed by atoms with Gasteiger partial charge in [-0.1, -0.05) is 0 Å². The number of aliphatic hydroxyl groups is 1. The number of hydrogen-bond donors (Lipinski definition) is 2. The smallest absolute Gasteiger partial charge is 0.324 e. The number of imide groups is 1. The van der Waals surface area contributed by atoms with Gasteiger partial charge in [0.05, 0.1) is 12.1 Å². The van der Waals surface area contributed by atoms with Crippen LogP contribution in [0.15, 0.2) is 0 Å². The molecule has 1 aliphatic carbocycles. The molecule has 0 unspecified atom stereocenters. The lowest BCUT2D eigenvalue weighted by atomic mass is 9.89. The fourth-order valence-corrected chi connectivity index (χ4v) is 2.71. The van der Waals surface area contributed by atoms with Crippen LogP contribution >= 0.6 is 0 Å². The van der Waals surface area contributed by atoms with E-state index >= 15 is 0 Å². The molecule has 0 radical (unpaired) electrons. The molecule has 1 saturated carbocycles. The standard InChI is InChI=1S/C11H17N3O3/c15-9(14-4-3-12-10(14)16)5-13-6-11(17,7-13)8-1-2-8/h8,17H,1-7H2,(H,12,16). The van der Waals surface area contributed by atoms with Crippen LogP contribution in [-0.4, -0.2) is 65.2 Å². The van der Waals surface area contributed by atoms with E-state index in [1.807, 2.05) is 4.90 Å². The molecule has 3 aliphatic rings. The topological polar surface area (TPSA) is 72.9 Å². The normalized spacial score (nSPS) is 27.8. The number of rotatable bonds is 3. The molecule has 6 nitrogen and oxygen atoms in total. The summed E-state index contributed by atoms with van der Waals surface area (Å²) in [4.78, 5) is 26.2. The molecule has 0 bridgehead atoms. The second kappa shape index (κ2) is 3.68. The third-order valence-corrected chi connectivity index (χ3v) is 3.85. The lowest BCUT2D eigenvalue weighted by Gasteiger charge is -2.46. The van der Waals surface area contributed by atoms with Gasteiger partial charge < -0.3 is 10.4 Å². The van der Waals surface area contributed by atoms with E-state index < -0.39 is 5.60 Å². The Labute approximate surface area is 99.6 Å². The molecule has 2 aliphatic heterocycles. The third-order valence-electron chi connectivity index (χ3n) is 3.85. The average molecular weight is 239 g/mol. The summed E-state index contributed by atoms with van der Waals surface area (Å²) in [7, 11) is 0. The zero-order valence-electron chi connectivity index (χ0n) is 9.69. The molecule has 2 heterocycles. The van der Waals surface area contributed by atoms with Crippen molar-refractivity contribution in [2.75, 3.05) is 32.7 Å². The first-order chi connectivity index (χ1) is 8.08. The van der Waals surface area contributed by atoms with E-state index in [1.54, 1.807) is 0 Å². The van der Waals surface area contributed by atoms with Gasteiger partial charge in [0.15, 0.2) is 0 Å². The first-order valence-electron chi connectivity index (χ1n) is 6.11. The van der Waals surface area contributed by atoms with E-state index in [2.05, 4.69) is 5.32 Å². The molecule has 0 aromatic carbocycles. The van der Waals surface area contributed by atoms with Crippen molar-refractivity contribution in [1.82, 2.24) is 15.1 Å². The Morgan fingerprint density at radius 1 is 1.47 bits per heavy atom. The Kier molecular flexibility index (Phi) is 2.38. The summed E-state index contributed by atoms with van der Waals surface area (Å²) in [5.41, 5.74) is -0.562. The number of nitrogens with zero attached hydrogens (tertiary/aromatic N) is 2. The van der Waals surface area contributed by atoms with Crippen LogP contribution in [0.25, 0.3) is 0 Å². The van der Waals surface area contributed by atoms with Gasteiger partial charge in [0.1, 0.15) is 0 Å². The second-order valence-electron chi connectivity index (χ2n) is 5.30. The van der Waals surface area contributed by atoms with Crippen molar-refractivity contribution in [3.8, 4) is 0 Å². The van der Waals surface area contributed by atoms with Gasteiger partial charge in [-0.25, -0.2) is 4.79 Å². The molecule has 6 heteroatoms. The summed E-state index contributed by atoms with van der Waals surface area (Å²) in [6.07, 6.45) is 2.21. The van der Waals surface area contributed by atoms with Crippen molar-refractivity contribution in [1.29, 1.82) is 0 Å². The zero-order valence-corrected chi connectivity index (χ0v) is 9.69. The number of hydrogen-bond acceptors (Lipinski definition) is 4. The Bertz CT molecular complexity index is 361. The summed E-state index contributed by atoms with van der Waals surface area (Å²) in [5.74, 6) is 0.266. The minimum absolute atomic E-state index is 0.169. The van der Waals surface area contributed by atoms with Gasteiger partial charge in [0, 0.05) is 26.2 Å². The fourth-order valence-electron chi connectivity index (χ4n) is 2.71. The maximum absolute atomic E-state index is 11.8. The summed E-state index contributed by atoms with van der Waals surface area (Å²) in [6, 6.07) is -0.298. The summed E-state index contributed by atoms with van der Waals surface area (Å²) in [5, 5.41) is 12.7. The van der Waals surface area contributed by atoms with Gasteiger partial charge >= 0.3 is 6.03 Å². The maximum Gasteiger partial charge on any atom is 0.324 e. The van der Waals surface area contributed by atoms with Crippen molar-refractivity contribution in [2.24, 2.45) is 5.92 Å². The van der Waals surface area contributed by atoms with Crippen LogP contribution < -0.4 is 5.32 Å². The first kappa shape index (κ1) is 11.0. The minimum Gasteiger partial charge on any atom is -0.387 e. The Balaban J connectivity index is 1.49. The lowest BCUT2D eigenvalue weighted by molar-refractivity contribution is -0.141. The van der Waals surface area contributed by atoms with E-state index in [4.69, 9.17) is 0 Å². The molecule has 0 aromatic rings. The monoisotopic (exact) mass is 239 g/mol. The van der Waals surface area contributed by atoms with Gasteiger partial charge in [0.25, 0.3) is 0 Å². The van der Waals surface area contributed by atoms with E-state index in [9.17, 15) is 14.7 Å². The number of carbonyl (C=O) groups excluding carboxylic acids is 2.